The summed E-state index contributed by atoms with van der Waals surface area (Å²) in [6.45, 7) is 11.2. The van der Waals surface area contributed by atoms with Gasteiger partial charge >= 0.3 is 0 Å². The number of hydrogen-bond acceptors (Lipinski definition) is 4. The zero-order valence-corrected chi connectivity index (χ0v) is 28.0. The fourth-order valence-corrected chi connectivity index (χ4v) is 7.14. The monoisotopic (exact) mass is 661 g/mol. The lowest BCUT2D eigenvalue weighted by atomic mass is 9.87. The minimum absolute atomic E-state index is 0. The summed E-state index contributed by atoms with van der Waals surface area (Å²) in [7, 11) is 0. The molecule has 5 rings (SSSR count). The summed E-state index contributed by atoms with van der Waals surface area (Å²) in [5, 5.41) is 1.06. The minimum atomic E-state index is -0.606. The van der Waals surface area contributed by atoms with Gasteiger partial charge < -0.3 is 20.0 Å². The number of carbonyl (C=O) groups excluding carboxylic acids is 1. The predicted molar refractivity (Wildman–Crippen MR) is 178 cm³/mol. The van der Waals surface area contributed by atoms with Crippen LogP contribution >= 0.6 is 48.0 Å². The second-order valence-electron chi connectivity index (χ2n) is 11.9. The van der Waals surface area contributed by atoms with Crippen LogP contribution in [0.3, 0.4) is 0 Å². The zero-order chi connectivity index (χ0) is 27.4. The molecule has 3 fully saturated rings. The average molecular weight is 664 g/mol. The Morgan fingerprint density at radius 2 is 1.57 bits per heavy atom. The zero-order valence-electron chi connectivity index (χ0n) is 24.9. The van der Waals surface area contributed by atoms with Gasteiger partial charge in [-0.1, -0.05) is 77.9 Å². The summed E-state index contributed by atoms with van der Waals surface area (Å²) in [4.78, 5) is 20.8. The molecule has 2 heterocycles. The van der Waals surface area contributed by atoms with Crippen LogP contribution in [0.15, 0.2) is 36.4 Å². The molecule has 2 N–H and O–H groups in total. The molecule has 1 amide bonds. The average Bonchev–Trinajstić information content (AvgIpc) is 2.94. The fraction of sp³-hybridized carbons (Fsp3) is 0.594. The highest BCUT2D eigenvalue weighted by Crippen LogP contribution is 2.37. The van der Waals surface area contributed by atoms with Crippen molar-refractivity contribution in [2.75, 3.05) is 52.4 Å². The van der Waals surface area contributed by atoms with E-state index in [1.165, 1.54) is 43.2 Å². The van der Waals surface area contributed by atoms with E-state index in [9.17, 15) is 4.79 Å². The van der Waals surface area contributed by atoms with E-state index in [0.717, 1.165) is 56.3 Å². The summed E-state index contributed by atoms with van der Waals surface area (Å²) < 4.78 is 6.59. The summed E-state index contributed by atoms with van der Waals surface area (Å²) in [6.07, 6.45) is 8.10. The summed E-state index contributed by atoms with van der Waals surface area (Å²) in [5.41, 5.74) is 3.84. The van der Waals surface area contributed by atoms with Crippen molar-refractivity contribution in [2.24, 2.45) is 0 Å². The number of carbonyl (C=O) groups is 1. The maximum atomic E-state index is 13.5. The second-order valence-corrected chi connectivity index (χ2v) is 12.7. The number of halogens is 4. The van der Waals surface area contributed by atoms with E-state index < -0.39 is 5.60 Å². The van der Waals surface area contributed by atoms with Gasteiger partial charge in [-0.05, 0) is 56.4 Å². The largest absolute Gasteiger partial charge is 0.412 e. The van der Waals surface area contributed by atoms with Crippen LogP contribution in [0.4, 0.5) is 0 Å². The standard InChI is InChI=1S/C32H43Cl2N3O2.2ClH.H2O/c1-24-18-25(2)20-26(19-24)21-31(38)37-16-17-39-32(23-37,27-8-9-29(33)30(34)22-27)10-11-35-12-14-36(15-13-35)28-6-4-3-5-7-28;;;/h8-9,18-20,22,28H,3-7,10-17,21,23H2,1-2H3;2*1H;1H2. The van der Waals surface area contributed by atoms with Crippen molar-refractivity contribution >= 4 is 53.9 Å². The van der Waals surface area contributed by atoms with Crippen LogP contribution in [0, 0.1) is 13.8 Å². The van der Waals surface area contributed by atoms with Crippen LogP contribution in [-0.4, -0.2) is 84.5 Å². The van der Waals surface area contributed by atoms with Crippen molar-refractivity contribution in [1.29, 1.82) is 0 Å². The molecule has 1 atom stereocenters. The molecule has 2 saturated heterocycles. The minimum Gasteiger partial charge on any atom is -0.412 e. The first-order valence-corrected chi connectivity index (χ1v) is 15.5. The third kappa shape index (κ3) is 9.21. The Morgan fingerprint density at radius 1 is 0.905 bits per heavy atom. The highest BCUT2D eigenvalue weighted by atomic mass is 35.5. The van der Waals surface area contributed by atoms with Crippen molar-refractivity contribution in [3.05, 3.63) is 68.7 Å². The van der Waals surface area contributed by atoms with Gasteiger partial charge in [-0.3, -0.25) is 9.69 Å². The molecule has 1 unspecified atom stereocenters. The molecule has 42 heavy (non-hydrogen) atoms. The maximum Gasteiger partial charge on any atom is 0.227 e. The van der Waals surface area contributed by atoms with E-state index >= 15 is 0 Å². The van der Waals surface area contributed by atoms with Crippen molar-refractivity contribution in [3.63, 3.8) is 0 Å². The molecule has 0 radical (unpaired) electrons. The van der Waals surface area contributed by atoms with Crippen molar-refractivity contribution in [2.45, 2.75) is 70.4 Å². The number of aryl methyl sites for hydroxylation is 2. The number of hydrogen-bond donors (Lipinski definition) is 0. The van der Waals surface area contributed by atoms with Crippen LogP contribution < -0.4 is 0 Å². The first kappa shape index (κ1) is 37.1. The molecule has 6 nitrogen and oxygen atoms in total. The lowest BCUT2D eigenvalue weighted by Crippen LogP contribution is -2.55. The van der Waals surface area contributed by atoms with E-state index in [1.54, 1.807) is 0 Å². The van der Waals surface area contributed by atoms with Gasteiger partial charge in [0, 0.05) is 45.3 Å². The van der Waals surface area contributed by atoms with Gasteiger partial charge in [0.25, 0.3) is 0 Å². The second kappa shape index (κ2) is 16.8. The SMILES string of the molecule is Cc1cc(C)cc(CC(=O)N2CCOC(CCN3CCN(C4CCCCC4)CC3)(c3ccc(Cl)c(Cl)c3)C2)c1.Cl.Cl.O. The van der Waals surface area contributed by atoms with E-state index in [4.69, 9.17) is 27.9 Å². The van der Waals surface area contributed by atoms with Crippen LogP contribution in [0.25, 0.3) is 0 Å². The van der Waals surface area contributed by atoms with Gasteiger partial charge in [-0.25, -0.2) is 0 Å². The Balaban J connectivity index is 0.00000205. The van der Waals surface area contributed by atoms with Gasteiger partial charge in [-0.15, -0.1) is 24.8 Å². The van der Waals surface area contributed by atoms with E-state index in [0.29, 0.717) is 36.2 Å². The third-order valence-corrected chi connectivity index (χ3v) is 9.69. The number of rotatable bonds is 7. The Labute approximate surface area is 274 Å². The predicted octanol–water partition coefficient (Wildman–Crippen LogP) is 6.27. The number of benzene rings is 2. The van der Waals surface area contributed by atoms with E-state index in [1.807, 2.05) is 23.1 Å². The summed E-state index contributed by atoms with van der Waals surface area (Å²) in [6, 6.07) is 13.0. The summed E-state index contributed by atoms with van der Waals surface area (Å²) in [5.74, 6) is 0.147. The Kier molecular flexibility index (Phi) is 14.9. The normalized spacial score (nSPS) is 22.0. The van der Waals surface area contributed by atoms with Crippen LogP contribution in [0.5, 0.6) is 0 Å². The van der Waals surface area contributed by atoms with Crippen molar-refractivity contribution in [3.8, 4) is 0 Å². The highest BCUT2D eigenvalue weighted by molar-refractivity contribution is 6.42. The first-order valence-electron chi connectivity index (χ1n) is 14.7. The fourth-order valence-electron chi connectivity index (χ4n) is 6.84. The Bertz CT molecular complexity index is 1140. The first-order chi connectivity index (χ1) is 18.8. The van der Waals surface area contributed by atoms with Gasteiger partial charge in [0.05, 0.1) is 29.6 Å². The molecular formula is C32H47Cl4N3O3. The molecule has 3 aliphatic rings. The lowest BCUT2D eigenvalue weighted by Gasteiger charge is -2.45. The topological polar surface area (TPSA) is 67.5 Å². The molecule has 1 saturated carbocycles. The molecule has 2 aromatic carbocycles. The summed E-state index contributed by atoms with van der Waals surface area (Å²) >= 11 is 12.8. The molecule has 0 aromatic heterocycles. The van der Waals surface area contributed by atoms with Crippen molar-refractivity contribution < 1.29 is 15.0 Å². The molecule has 0 bridgehead atoms. The maximum absolute atomic E-state index is 13.5. The molecule has 10 heteroatoms. The van der Waals surface area contributed by atoms with Gasteiger partial charge in [0.1, 0.15) is 5.60 Å². The molecule has 1 aliphatic carbocycles. The molecule has 0 spiro atoms. The Morgan fingerprint density at radius 3 is 2.21 bits per heavy atom. The van der Waals surface area contributed by atoms with Crippen LogP contribution in [0.2, 0.25) is 10.0 Å². The van der Waals surface area contributed by atoms with Gasteiger partial charge in [-0.2, -0.15) is 0 Å². The highest BCUT2D eigenvalue weighted by Gasteiger charge is 2.40. The van der Waals surface area contributed by atoms with E-state index in [-0.39, 0.29) is 36.2 Å². The van der Waals surface area contributed by atoms with Crippen LogP contribution in [-0.2, 0) is 21.6 Å². The molecule has 236 valence electrons. The van der Waals surface area contributed by atoms with Gasteiger partial charge in [0.15, 0.2) is 0 Å². The van der Waals surface area contributed by atoms with E-state index in [2.05, 4.69) is 41.8 Å². The van der Waals surface area contributed by atoms with Crippen LogP contribution in [0.1, 0.15) is 60.8 Å². The smallest absolute Gasteiger partial charge is 0.227 e. The Hall–Kier alpha value is -1.09. The molecule has 2 aliphatic heterocycles. The molecular weight excluding hydrogens is 616 g/mol. The number of nitrogens with zero attached hydrogens (tertiary/aromatic N) is 3. The number of piperazine rings is 1. The quantitative estimate of drug-likeness (QED) is 0.351. The number of ether oxygens (including phenoxy) is 1. The lowest BCUT2D eigenvalue weighted by molar-refractivity contribution is -0.154. The third-order valence-electron chi connectivity index (χ3n) is 8.95. The number of amides is 1. The molecule has 2 aromatic rings. The number of morpholine rings is 1. The van der Waals surface area contributed by atoms with Crippen molar-refractivity contribution in [1.82, 2.24) is 14.7 Å². The van der Waals surface area contributed by atoms with Gasteiger partial charge in [0.2, 0.25) is 5.91 Å².